The van der Waals surface area contributed by atoms with Crippen LogP contribution in [-0.4, -0.2) is 5.78 Å². The molecule has 0 bridgehead atoms. The van der Waals surface area contributed by atoms with Crippen LogP contribution in [0.3, 0.4) is 0 Å². The molecule has 0 saturated carbocycles. The summed E-state index contributed by atoms with van der Waals surface area (Å²) < 4.78 is 14.0. The van der Waals surface area contributed by atoms with Crippen molar-refractivity contribution in [2.24, 2.45) is 0 Å². The second kappa shape index (κ2) is 4.58. The van der Waals surface area contributed by atoms with Crippen LogP contribution in [0.5, 0.6) is 0 Å². The van der Waals surface area contributed by atoms with E-state index in [0.29, 0.717) is 4.88 Å². The van der Waals surface area contributed by atoms with Gasteiger partial charge in [0, 0.05) is 20.6 Å². The van der Waals surface area contributed by atoms with Gasteiger partial charge in [-0.25, -0.2) is 4.39 Å². The SMILES string of the molecule is Cc1sc(C(=O)c2cc(N)cc(F)c2)cc1Br. The van der Waals surface area contributed by atoms with Crippen LogP contribution in [0.1, 0.15) is 20.1 Å². The molecule has 1 aromatic heterocycles. The van der Waals surface area contributed by atoms with Crippen LogP contribution in [-0.2, 0) is 0 Å². The lowest BCUT2D eigenvalue weighted by molar-refractivity contribution is 0.104. The maximum Gasteiger partial charge on any atom is 0.203 e. The molecule has 2 aromatic rings. The molecule has 88 valence electrons. The molecule has 0 atom stereocenters. The summed E-state index contributed by atoms with van der Waals surface area (Å²) in [7, 11) is 0. The van der Waals surface area contributed by atoms with Gasteiger partial charge in [-0.05, 0) is 47.1 Å². The fourth-order valence-corrected chi connectivity index (χ4v) is 2.95. The fraction of sp³-hybridized carbons (Fsp3) is 0.0833. The third kappa shape index (κ3) is 2.56. The summed E-state index contributed by atoms with van der Waals surface area (Å²) >= 11 is 4.71. The molecule has 1 aromatic carbocycles. The highest BCUT2D eigenvalue weighted by atomic mass is 79.9. The lowest BCUT2D eigenvalue weighted by Crippen LogP contribution is -2.00. The van der Waals surface area contributed by atoms with Gasteiger partial charge in [0.15, 0.2) is 0 Å². The highest BCUT2D eigenvalue weighted by molar-refractivity contribution is 9.10. The number of carbonyl (C=O) groups is 1. The van der Waals surface area contributed by atoms with E-state index in [1.807, 2.05) is 6.92 Å². The first-order valence-electron chi connectivity index (χ1n) is 4.84. The van der Waals surface area contributed by atoms with Crippen LogP contribution in [0.25, 0.3) is 0 Å². The molecule has 5 heteroatoms. The fourth-order valence-electron chi connectivity index (χ4n) is 1.46. The van der Waals surface area contributed by atoms with E-state index in [0.717, 1.165) is 9.35 Å². The van der Waals surface area contributed by atoms with Gasteiger partial charge in [0.05, 0.1) is 4.88 Å². The highest BCUT2D eigenvalue weighted by Gasteiger charge is 2.14. The Hall–Kier alpha value is -1.20. The number of hydrogen-bond acceptors (Lipinski definition) is 3. The normalized spacial score (nSPS) is 10.5. The summed E-state index contributed by atoms with van der Waals surface area (Å²) in [6, 6.07) is 5.60. The van der Waals surface area contributed by atoms with Crippen molar-refractivity contribution in [3.63, 3.8) is 0 Å². The van der Waals surface area contributed by atoms with E-state index in [1.165, 1.54) is 29.5 Å². The summed E-state index contributed by atoms with van der Waals surface area (Å²) in [6.07, 6.45) is 0. The van der Waals surface area contributed by atoms with Crippen molar-refractivity contribution in [1.29, 1.82) is 0 Å². The van der Waals surface area contributed by atoms with Crippen LogP contribution < -0.4 is 5.73 Å². The zero-order valence-corrected chi connectivity index (χ0v) is 11.4. The van der Waals surface area contributed by atoms with Crippen molar-refractivity contribution in [2.45, 2.75) is 6.92 Å². The van der Waals surface area contributed by atoms with E-state index in [4.69, 9.17) is 5.73 Å². The van der Waals surface area contributed by atoms with E-state index >= 15 is 0 Å². The number of halogens is 2. The van der Waals surface area contributed by atoms with E-state index in [-0.39, 0.29) is 17.0 Å². The summed E-state index contributed by atoms with van der Waals surface area (Å²) in [5.41, 5.74) is 6.04. The molecule has 0 aliphatic carbocycles. The van der Waals surface area contributed by atoms with Crippen LogP contribution in [0.2, 0.25) is 0 Å². The quantitative estimate of drug-likeness (QED) is 0.677. The Morgan fingerprint density at radius 1 is 1.35 bits per heavy atom. The second-order valence-electron chi connectivity index (χ2n) is 3.62. The first-order chi connectivity index (χ1) is 7.97. The number of rotatable bonds is 2. The summed E-state index contributed by atoms with van der Waals surface area (Å²) in [4.78, 5) is 13.7. The first kappa shape index (κ1) is 12.3. The minimum atomic E-state index is -0.499. The van der Waals surface area contributed by atoms with Gasteiger partial charge in [-0.1, -0.05) is 0 Å². The molecule has 1 heterocycles. The summed E-state index contributed by atoms with van der Waals surface area (Å²) in [5, 5.41) is 0. The second-order valence-corrected chi connectivity index (χ2v) is 5.73. The number of nitrogens with two attached hydrogens (primary N) is 1. The molecule has 2 rings (SSSR count). The Morgan fingerprint density at radius 3 is 2.59 bits per heavy atom. The van der Waals surface area contributed by atoms with Gasteiger partial charge >= 0.3 is 0 Å². The Labute approximate surface area is 110 Å². The highest BCUT2D eigenvalue weighted by Crippen LogP contribution is 2.28. The molecule has 0 aliphatic heterocycles. The molecule has 0 amide bonds. The molecule has 0 aliphatic rings. The molecule has 0 radical (unpaired) electrons. The van der Waals surface area contributed by atoms with Gasteiger partial charge < -0.3 is 5.73 Å². The summed E-state index contributed by atoms with van der Waals surface area (Å²) in [6.45, 7) is 1.91. The van der Waals surface area contributed by atoms with Crippen LogP contribution in [0.4, 0.5) is 10.1 Å². The van der Waals surface area contributed by atoms with Gasteiger partial charge in [0.1, 0.15) is 5.82 Å². The molecule has 17 heavy (non-hydrogen) atoms. The van der Waals surface area contributed by atoms with Crippen molar-refractivity contribution in [3.05, 3.63) is 49.9 Å². The van der Waals surface area contributed by atoms with Crippen LogP contribution >= 0.6 is 27.3 Å². The number of thiophene rings is 1. The monoisotopic (exact) mass is 313 g/mol. The number of aryl methyl sites for hydroxylation is 1. The van der Waals surface area contributed by atoms with Gasteiger partial charge in [-0.2, -0.15) is 0 Å². The lowest BCUT2D eigenvalue weighted by atomic mass is 10.1. The van der Waals surface area contributed by atoms with Gasteiger partial charge in [-0.15, -0.1) is 11.3 Å². The molecule has 0 fully saturated rings. The minimum Gasteiger partial charge on any atom is -0.399 e. The predicted octanol–water partition coefficient (Wildman–Crippen LogP) is 3.77. The van der Waals surface area contributed by atoms with Crippen molar-refractivity contribution in [3.8, 4) is 0 Å². The average Bonchev–Trinajstić information content (AvgIpc) is 2.57. The number of carbonyl (C=O) groups excluding carboxylic acids is 1. The van der Waals surface area contributed by atoms with Crippen molar-refractivity contribution in [2.75, 3.05) is 5.73 Å². The topological polar surface area (TPSA) is 43.1 Å². The standard InChI is InChI=1S/C12H9BrFNOS/c1-6-10(13)5-11(17-6)12(16)7-2-8(14)4-9(15)3-7/h2-5H,15H2,1H3. The molecule has 0 saturated heterocycles. The minimum absolute atomic E-state index is 0.213. The van der Waals surface area contributed by atoms with E-state index in [1.54, 1.807) is 6.07 Å². The molecule has 2 N–H and O–H groups in total. The first-order valence-corrected chi connectivity index (χ1v) is 6.45. The van der Waals surface area contributed by atoms with Crippen LogP contribution in [0.15, 0.2) is 28.7 Å². The number of hydrogen-bond donors (Lipinski definition) is 1. The lowest BCUT2D eigenvalue weighted by Gasteiger charge is -2.00. The third-order valence-electron chi connectivity index (χ3n) is 2.26. The number of benzene rings is 1. The van der Waals surface area contributed by atoms with E-state index in [9.17, 15) is 9.18 Å². The van der Waals surface area contributed by atoms with Crippen LogP contribution in [0, 0.1) is 12.7 Å². The summed E-state index contributed by atoms with van der Waals surface area (Å²) in [5.74, 6) is -0.712. The number of ketones is 1. The van der Waals surface area contributed by atoms with E-state index < -0.39 is 5.82 Å². The van der Waals surface area contributed by atoms with E-state index in [2.05, 4.69) is 15.9 Å². The number of anilines is 1. The number of nitrogen functional groups attached to an aromatic ring is 1. The average molecular weight is 314 g/mol. The molecular formula is C12H9BrFNOS. The van der Waals surface area contributed by atoms with Crippen molar-refractivity contribution < 1.29 is 9.18 Å². The molecular weight excluding hydrogens is 305 g/mol. The van der Waals surface area contributed by atoms with Gasteiger partial charge in [0.25, 0.3) is 0 Å². The van der Waals surface area contributed by atoms with Crippen molar-refractivity contribution >= 4 is 38.7 Å². The zero-order chi connectivity index (χ0) is 12.6. The predicted molar refractivity (Wildman–Crippen MR) is 71.0 cm³/mol. The molecule has 2 nitrogen and oxygen atoms in total. The Kier molecular flexibility index (Phi) is 3.31. The smallest absolute Gasteiger partial charge is 0.203 e. The molecule has 0 spiro atoms. The maximum absolute atomic E-state index is 13.2. The Bertz CT molecular complexity index is 554. The zero-order valence-electron chi connectivity index (χ0n) is 8.96. The third-order valence-corrected chi connectivity index (χ3v) is 4.40. The van der Waals surface area contributed by atoms with Gasteiger partial charge in [0.2, 0.25) is 5.78 Å². The Balaban J connectivity index is 2.43. The Morgan fingerprint density at radius 2 is 2.06 bits per heavy atom. The molecule has 0 unspecified atom stereocenters. The largest absolute Gasteiger partial charge is 0.399 e. The maximum atomic E-state index is 13.2. The van der Waals surface area contributed by atoms with Crippen molar-refractivity contribution in [1.82, 2.24) is 0 Å². The van der Waals surface area contributed by atoms with Gasteiger partial charge in [-0.3, -0.25) is 4.79 Å².